The standard InChI is InChI=1S/C29H20F2N2/c1-33-25-13-11-24(12-14-25)27-16-8-21(18-29(27)31)4-2-3-20-7-15-26(28(30)17-20)23-9-5-22(19-32)6-10-23/h5-18H,2-4H2. The minimum atomic E-state index is -0.295. The Morgan fingerprint density at radius 3 is 1.61 bits per heavy atom. The molecule has 0 spiro atoms. The summed E-state index contributed by atoms with van der Waals surface area (Å²) in [7, 11) is 0. The van der Waals surface area contributed by atoms with Crippen LogP contribution >= 0.6 is 0 Å². The van der Waals surface area contributed by atoms with E-state index in [0.717, 1.165) is 28.7 Å². The monoisotopic (exact) mass is 434 g/mol. The molecule has 4 rings (SSSR count). The zero-order valence-electron chi connectivity index (χ0n) is 17.9. The molecule has 0 atom stereocenters. The first-order chi connectivity index (χ1) is 16.1. The molecule has 0 radical (unpaired) electrons. The third-order valence-corrected chi connectivity index (χ3v) is 5.63. The van der Waals surface area contributed by atoms with Crippen LogP contribution in [0.1, 0.15) is 23.1 Å². The smallest absolute Gasteiger partial charge is 0.187 e. The maximum absolute atomic E-state index is 14.6. The van der Waals surface area contributed by atoms with Crippen molar-refractivity contribution in [3.63, 3.8) is 0 Å². The van der Waals surface area contributed by atoms with Gasteiger partial charge in [0.15, 0.2) is 5.69 Å². The van der Waals surface area contributed by atoms with Crippen LogP contribution in [0.4, 0.5) is 14.5 Å². The van der Waals surface area contributed by atoms with E-state index in [9.17, 15) is 8.78 Å². The molecule has 0 saturated carbocycles. The summed E-state index contributed by atoms with van der Waals surface area (Å²) in [6, 6.07) is 26.2. The SMILES string of the molecule is [C-]#[N+]c1ccc(-c2ccc(CCCc3ccc(-c4ccc(C#N)cc4)c(F)c3)cc2F)cc1. The molecule has 0 unspecified atom stereocenters. The molecular weight excluding hydrogens is 414 g/mol. The molecule has 0 saturated heterocycles. The van der Waals surface area contributed by atoms with Gasteiger partial charge in [-0.15, -0.1) is 0 Å². The molecule has 4 heteroatoms. The van der Waals surface area contributed by atoms with Crippen LogP contribution in [0.3, 0.4) is 0 Å². The van der Waals surface area contributed by atoms with Gasteiger partial charge in [0, 0.05) is 11.1 Å². The number of halogens is 2. The van der Waals surface area contributed by atoms with Crippen molar-refractivity contribution in [1.29, 1.82) is 5.26 Å². The fourth-order valence-corrected chi connectivity index (χ4v) is 3.83. The van der Waals surface area contributed by atoms with Gasteiger partial charge < -0.3 is 0 Å². The minimum absolute atomic E-state index is 0.291. The fraction of sp³-hybridized carbons (Fsp3) is 0.103. The van der Waals surface area contributed by atoms with E-state index in [-0.39, 0.29) is 11.6 Å². The van der Waals surface area contributed by atoms with Gasteiger partial charge in [-0.25, -0.2) is 13.6 Å². The van der Waals surface area contributed by atoms with E-state index >= 15 is 0 Å². The van der Waals surface area contributed by atoms with Crippen LogP contribution in [-0.4, -0.2) is 0 Å². The van der Waals surface area contributed by atoms with Crippen molar-refractivity contribution in [2.24, 2.45) is 0 Å². The molecule has 0 N–H and O–H groups in total. The van der Waals surface area contributed by atoms with E-state index in [1.165, 1.54) is 0 Å². The Hall–Kier alpha value is -4.28. The van der Waals surface area contributed by atoms with Crippen molar-refractivity contribution in [3.05, 3.63) is 125 Å². The van der Waals surface area contributed by atoms with Crippen molar-refractivity contribution >= 4 is 5.69 Å². The second kappa shape index (κ2) is 9.90. The number of hydrogen-bond acceptors (Lipinski definition) is 1. The highest BCUT2D eigenvalue weighted by molar-refractivity contribution is 5.67. The summed E-state index contributed by atoms with van der Waals surface area (Å²) >= 11 is 0. The molecule has 0 aliphatic carbocycles. The average Bonchev–Trinajstić information content (AvgIpc) is 2.84. The van der Waals surface area contributed by atoms with Gasteiger partial charge in [0.1, 0.15) is 11.6 Å². The summed E-state index contributed by atoms with van der Waals surface area (Å²) < 4.78 is 29.3. The lowest BCUT2D eigenvalue weighted by Gasteiger charge is -2.09. The summed E-state index contributed by atoms with van der Waals surface area (Å²) in [5.74, 6) is -0.585. The Kier molecular flexibility index (Phi) is 6.58. The zero-order chi connectivity index (χ0) is 23.2. The predicted octanol–water partition coefficient (Wildman–Crippen LogP) is 7.90. The Labute approximate surface area is 192 Å². The molecule has 2 nitrogen and oxygen atoms in total. The van der Waals surface area contributed by atoms with Crippen molar-refractivity contribution in [2.75, 3.05) is 0 Å². The van der Waals surface area contributed by atoms with Gasteiger partial charge in [0.25, 0.3) is 0 Å². The molecule has 4 aromatic rings. The third kappa shape index (κ3) is 5.14. The molecule has 0 heterocycles. The van der Waals surface area contributed by atoms with Gasteiger partial charge in [0.2, 0.25) is 0 Å². The summed E-state index contributed by atoms with van der Waals surface area (Å²) in [6.07, 6.45) is 2.15. The van der Waals surface area contributed by atoms with E-state index < -0.39 is 0 Å². The zero-order valence-corrected chi connectivity index (χ0v) is 17.9. The largest absolute Gasteiger partial charge is 0.238 e. The van der Waals surface area contributed by atoms with Gasteiger partial charge in [-0.05, 0) is 65.8 Å². The van der Waals surface area contributed by atoms with Gasteiger partial charge >= 0.3 is 0 Å². The van der Waals surface area contributed by atoms with Crippen molar-refractivity contribution in [1.82, 2.24) is 0 Å². The maximum Gasteiger partial charge on any atom is 0.187 e. The van der Waals surface area contributed by atoms with E-state index in [4.69, 9.17) is 11.8 Å². The number of rotatable bonds is 6. The Morgan fingerprint density at radius 1 is 0.697 bits per heavy atom. The van der Waals surface area contributed by atoms with Gasteiger partial charge in [-0.2, -0.15) is 5.26 Å². The second-order valence-corrected chi connectivity index (χ2v) is 7.83. The fourth-order valence-electron chi connectivity index (χ4n) is 3.83. The molecule has 0 aliphatic heterocycles. The van der Waals surface area contributed by atoms with E-state index in [0.29, 0.717) is 35.2 Å². The molecule has 160 valence electrons. The first-order valence-electron chi connectivity index (χ1n) is 10.6. The van der Waals surface area contributed by atoms with E-state index in [1.54, 1.807) is 72.8 Å². The first-order valence-corrected chi connectivity index (χ1v) is 10.6. The highest BCUT2D eigenvalue weighted by Gasteiger charge is 2.09. The molecule has 0 aromatic heterocycles. The maximum atomic E-state index is 14.6. The topological polar surface area (TPSA) is 28.1 Å². The van der Waals surface area contributed by atoms with Crippen LogP contribution in [0.15, 0.2) is 84.9 Å². The Balaban J connectivity index is 1.38. The number of nitriles is 1. The van der Waals surface area contributed by atoms with Crippen LogP contribution in [0.25, 0.3) is 27.1 Å². The minimum Gasteiger partial charge on any atom is -0.238 e. The molecule has 0 amide bonds. The number of nitrogens with zero attached hydrogens (tertiary/aromatic N) is 2. The Bertz CT molecular complexity index is 1250. The van der Waals surface area contributed by atoms with Crippen LogP contribution in [0, 0.1) is 29.5 Å². The molecule has 0 fully saturated rings. The van der Waals surface area contributed by atoms with Crippen LogP contribution in [-0.2, 0) is 12.8 Å². The van der Waals surface area contributed by atoms with Crippen LogP contribution < -0.4 is 0 Å². The molecular formula is C29H20F2N2. The van der Waals surface area contributed by atoms with Crippen molar-refractivity contribution in [2.45, 2.75) is 19.3 Å². The second-order valence-electron chi connectivity index (χ2n) is 7.83. The summed E-state index contributed by atoms with van der Waals surface area (Å²) in [4.78, 5) is 3.35. The molecule has 4 aromatic carbocycles. The van der Waals surface area contributed by atoms with Crippen molar-refractivity contribution in [3.8, 4) is 28.3 Å². The van der Waals surface area contributed by atoms with Crippen LogP contribution in [0.5, 0.6) is 0 Å². The van der Waals surface area contributed by atoms with Gasteiger partial charge in [0.05, 0.1) is 18.2 Å². The lowest BCUT2D eigenvalue weighted by Crippen LogP contribution is -1.94. The highest BCUT2D eigenvalue weighted by atomic mass is 19.1. The number of hydrogen-bond donors (Lipinski definition) is 0. The van der Waals surface area contributed by atoms with Gasteiger partial charge in [-0.1, -0.05) is 60.7 Å². The quantitative estimate of drug-likeness (QED) is 0.284. The lowest BCUT2D eigenvalue weighted by molar-refractivity contribution is 0.626. The average molecular weight is 434 g/mol. The predicted molar refractivity (Wildman–Crippen MR) is 127 cm³/mol. The normalized spacial score (nSPS) is 10.4. The lowest BCUT2D eigenvalue weighted by atomic mass is 9.98. The summed E-state index contributed by atoms with van der Waals surface area (Å²) in [6.45, 7) is 7.01. The molecule has 0 bridgehead atoms. The van der Waals surface area contributed by atoms with E-state index in [2.05, 4.69) is 10.9 Å². The summed E-state index contributed by atoms with van der Waals surface area (Å²) in [5.41, 5.74) is 5.34. The van der Waals surface area contributed by atoms with Crippen molar-refractivity contribution < 1.29 is 8.78 Å². The highest BCUT2D eigenvalue weighted by Crippen LogP contribution is 2.27. The van der Waals surface area contributed by atoms with Crippen LogP contribution in [0.2, 0.25) is 0 Å². The number of benzene rings is 4. The Morgan fingerprint density at radius 2 is 1.18 bits per heavy atom. The summed E-state index contributed by atoms with van der Waals surface area (Å²) in [5, 5.41) is 8.90. The van der Waals surface area contributed by atoms with Gasteiger partial charge in [-0.3, -0.25) is 0 Å². The molecule has 0 aliphatic rings. The number of aryl methyl sites for hydroxylation is 2. The third-order valence-electron chi connectivity index (χ3n) is 5.63. The van der Waals surface area contributed by atoms with E-state index in [1.807, 2.05) is 12.1 Å². The molecule has 33 heavy (non-hydrogen) atoms. The first kappa shape index (κ1) is 21.9.